The first-order valence-corrected chi connectivity index (χ1v) is 11.6. The van der Waals surface area contributed by atoms with Crippen LogP contribution in [0.25, 0.3) is 10.8 Å². The molecule has 1 aromatic heterocycles. The summed E-state index contributed by atoms with van der Waals surface area (Å²) >= 11 is 6.17. The summed E-state index contributed by atoms with van der Waals surface area (Å²) in [5.41, 5.74) is -1.17. The second kappa shape index (κ2) is 9.99. The lowest BCUT2D eigenvalue weighted by Crippen LogP contribution is -2.46. The number of halogens is 1. The molecule has 0 saturated carbocycles. The maximum atomic E-state index is 13.1. The number of aliphatic hydroxyl groups excluding tert-OH is 1. The Morgan fingerprint density at radius 1 is 1.35 bits per heavy atom. The van der Waals surface area contributed by atoms with E-state index in [9.17, 15) is 18.0 Å². The third-order valence-corrected chi connectivity index (χ3v) is 6.15. The van der Waals surface area contributed by atoms with Crippen LogP contribution in [0.2, 0.25) is 5.02 Å². The molecule has 1 unspecified atom stereocenters. The number of aliphatic hydroxyl groups is 1. The molecular formula is C20H28ClN3O6S. The van der Waals surface area contributed by atoms with Crippen molar-refractivity contribution < 1.29 is 23.1 Å². The van der Waals surface area contributed by atoms with Crippen LogP contribution in [0.15, 0.2) is 34.1 Å². The highest BCUT2D eigenvalue weighted by Gasteiger charge is 2.26. The van der Waals surface area contributed by atoms with Gasteiger partial charge in [-0.2, -0.15) is 0 Å². The number of pyridine rings is 1. The number of amides is 1. The smallest absolute Gasteiger partial charge is 0.410 e. The van der Waals surface area contributed by atoms with Crippen molar-refractivity contribution in [2.45, 2.75) is 50.7 Å². The van der Waals surface area contributed by atoms with Gasteiger partial charge in [-0.05, 0) is 46.2 Å². The van der Waals surface area contributed by atoms with Crippen molar-refractivity contribution in [1.82, 2.24) is 14.6 Å². The minimum atomic E-state index is -4.07. The summed E-state index contributed by atoms with van der Waals surface area (Å²) < 4.78 is 34.0. The van der Waals surface area contributed by atoms with Gasteiger partial charge in [-0.3, -0.25) is 4.79 Å². The Morgan fingerprint density at radius 3 is 2.65 bits per heavy atom. The van der Waals surface area contributed by atoms with Gasteiger partial charge in [-0.15, -0.1) is 0 Å². The molecule has 0 aliphatic heterocycles. The fourth-order valence-electron chi connectivity index (χ4n) is 3.01. The number of hydrogen-bond acceptors (Lipinski definition) is 6. The minimum absolute atomic E-state index is 0.0211. The Balaban J connectivity index is 2.28. The van der Waals surface area contributed by atoms with Crippen LogP contribution >= 0.6 is 11.6 Å². The first-order chi connectivity index (χ1) is 14.4. The zero-order valence-corrected chi connectivity index (χ0v) is 19.5. The molecule has 1 atom stereocenters. The molecule has 2 rings (SSSR count). The largest absolute Gasteiger partial charge is 0.444 e. The van der Waals surface area contributed by atoms with E-state index in [-0.39, 0.29) is 40.4 Å². The third-order valence-electron chi connectivity index (χ3n) is 4.22. The highest BCUT2D eigenvalue weighted by atomic mass is 35.5. The van der Waals surface area contributed by atoms with E-state index < -0.39 is 33.3 Å². The number of hydrogen-bond donors (Lipinski definition) is 3. The lowest BCUT2D eigenvalue weighted by atomic mass is 10.2. The number of carbonyl (C=O) groups excluding carboxylic acids is 1. The molecule has 1 amide bonds. The summed E-state index contributed by atoms with van der Waals surface area (Å²) in [6.07, 6.45) is 0.959. The number of carbonyl (C=O) groups is 1. The van der Waals surface area contributed by atoms with Gasteiger partial charge in [0.25, 0.3) is 5.56 Å². The van der Waals surface area contributed by atoms with Gasteiger partial charge in [0.1, 0.15) is 5.60 Å². The summed E-state index contributed by atoms with van der Waals surface area (Å²) in [5, 5.41) is 9.49. The molecule has 172 valence electrons. The van der Waals surface area contributed by atoms with Gasteiger partial charge in [0.2, 0.25) is 10.0 Å². The lowest BCUT2D eigenvalue weighted by Gasteiger charge is -2.29. The van der Waals surface area contributed by atoms with Crippen LogP contribution in [0.4, 0.5) is 4.79 Å². The van der Waals surface area contributed by atoms with Crippen LogP contribution in [-0.2, 0) is 14.8 Å². The Labute approximate surface area is 186 Å². The van der Waals surface area contributed by atoms with Crippen molar-refractivity contribution in [3.8, 4) is 0 Å². The number of nitrogens with one attached hydrogen (secondary N) is 2. The predicted molar refractivity (Wildman–Crippen MR) is 119 cm³/mol. The van der Waals surface area contributed by atoms with Gasteiger partial charge >= 0.3 is 6.09 Å². The van der Waals surface area contributed by atoms with Crippen molar-refractivity contribution in [2.75, 3.05) is 19.7 Å². The number of aromatic amines is 1. The standard InChI is InChI=1S/C20H28ClN3O6S/c1-13(12-24(9-6-10-25)19(27)30-20(2,3)4)23-31(28,29)16-8-5-7-14-17(16)15(21)11-22-18(14)26/h5,7-8,11,13,23,25H,6,9-10,12H2,1-4H3,(H,22,26). The van der Waals surface area contributed by atoms with E-state index in [1.807, 2.05) is 0 Å². The molecule has 0 bridgehead atoms. The van der Waals surface area contributed by atoms with Gasteiger partial charge < -0.3 is 19.7 Å². The van der Waals surface area contributed by atoms with Crippen LogP contribution in [0.5, 0.6) is 0 Å². The van der Waals surface area contributed by atoms with E-state index in [4.69, 9.17) is 21.4 Å². The molecule has 0 fully saturated rings. The first kappa shape index (κ1) is 25.1. The quantitative estimate of drug-likeness (QED) is 0.540. The SMILES string of the molecule is CC(CN(CCCO)C(=O)OC(C)(C)C)NS(=O)(=O)c1cccc2c(=O)[nH]cc(Cl)c12. The topological polar surface area (TPSA) is 129 Å². The number of nitrogens with zero attached hydrogens (tertiary/aromatic N) is 1. The summed E-state index contributed by atoms with van der Waals surface area (Å²) in [6, 6.07) is 3.62. The molecule has 11 heteroatoms. The monoisotopic (exact) mass is 473 g/mol. The summed E-state index contributed by atoms with van der Waals surface area (Å²) in [4.78, 5) is 28.2. The molecule has 31 heavy (non-hydrogen) atoms. The van der Waals surface area contributed by atoms with E-state index in [0.717, 1.165) is 0 Å². The zero-order valence-electron chi connectivity index (χ0n) is 17.9. The number of benzene rings is 1. The predicted octanol–water partition coefficient (Wildman–Crippen LogP) is 2.47. The molecule has 1 aromatic carbocycles. The highest BCUT2D eigenvalue weighted by molar-refractivity contribution is 7.89. The van der Waals surface area contributed by atoms with Crippen molar-refractivity contribution in [3.63, 3.8) is 0 Å². The zero-order chi connectivity index (χ0) is 23.4. The third kappa shape index (κ3) is 6.67. The Bertz CT molecular complexity index is 1090. The van der Waals surface area contributed by atoms with Gasteiger partial charge in [-0.25, -0.2) is 17.9 Å². The fourth-order valence-corrected chi connectivity index (χ4v) is 4.80. The van der Waals surface area contributed by atoms with Crippen LogP contribution in [0, 0.1) is 0 Å². The average Bonchev–Trinajstić information content (AvgIpc) is 2.65. The minimum Gasteiger partial charge on any atom is -0.444 e. The van der Waals surface area contributed by atoms with Crippen LogP contribution in [0.3, 0.4) is 0 Å². The number of ether oxygens (including phenoxy) is 1. The van der Waals surface area contributed by atoms with Crippen molar-refractivity contribution in [3.05, 3.63) is 39.8 Å². The molecular weight excluding hydrogens is 446 g/mol. The molecule has 0 aliphatic rings. The van der Waals surface area contributed by atoms with Crippen LogP contribution < -0.4 is 10.3 Å². The van der Waals surface area contributed by atoms with Crippen LogP contribution in [-0.4, -0.2) is 60.8 Å². The normalized spacial score (nSPS) is 13.2. The number of rotatable bonds is 8. The summed E-state index contributed by atoms with van der Waals surface area (Å²) in [6.45, 7) is 6.89. The molecule has 0 radical (unpaired) electrons. The van der Waals surface area contributed by atoms with Crippen molar-refractivity contribution in [2.24, 2.45) is 0 Å². The Hall–Kier alpha value is -2.14. The average molecular weight is 474 g/mol. The molecule has 1 heterocycles. The number of fused-ring (bicyclic) bond motifs is 1. The highest BCUT2D eigenvalue weighted by Crippen LogP contribution is 2.27. The van der Waals surface area contributed by atoms with Gasteiger partial charge in [-0.1, -0.05) is 17.7 Å². The van der Waals surface area contributed by atoms with Gasteiger partial charge in [0, 0.05) is 42.7 Å². The second-order valence-corrected chi connectivity index (χ2v) is 10.3. The first-order valence-electron chi connectivity index (χ1n) is 9.76. The molecule has 0 aliphatic carbocycles. The molecule has 9 nitrogen and oxygen atoms in total. The fraction of sp³-hybridized carbons (Fsp3) is 0.500. The van der Waals surface area contributed by atoms with Crippen LogP contribution in [0.1, 0.15) is 34.1 Å². The van der Waals surface area contributed by atoms with Crippen molar-refractivity contribution >= 4 is 38.5 Å². The van der Waals surface area contributed by atoms with E-state index in [1.165, 1.54) is 29.3 Å². The number of aromatic nitrogens is 1. The molecule has 3 N–H and O–H groups in total. The number of H-pyrrole nitrogens is 1. The van der Waals surface area contributed by atoms with Gasteiger partial charge in [0.05, 0.1) is 9.92 Å². The molecule has 0 saturated heterocycles. The van der Waals surface area contributed by atoms with E-state index >= 15 is 0 Å². The Morgan fingerprint density at radius 2 is 2.03 bits per heavy atom. The second-order valence-electron chi connectivity index (χ2n) is 8.17. The van der Waals surface area contributed by atoms with E-state index in [0.29, 0.717) is 6.42 Å². The summed E-state index contributed by atoms with van der Waals surface area (Å²) in [5.74, 6) is 0. The maximum Gasteiger partial charge on any atom is 0.410 e. The number of sulfonamides is 1. The summed E-state index contributed by atoms with van der Waals surface area (Å²) in [7, 11) is -4.07. The van der Waals surface area contributed by atoms with Gasteiger partial charge in [0.15, 0.2) is 0 Å². The van der Waals surface area contributed by atoms with E-state index in [2.05, 4.69) is 9.71 Å². The maximum absolute atomic E-state index is 13.1. The Kier molecular flexibility index (Phi) is 8.09. The molecule has 0 spiro atoms. The van der Waals surface area contributed by atoms with Crippen molar-refractivity contribution in [1.29, 1.82) is 0 Å². The molecule has 2 aromatic rings. The van der Waals surface area contributed by atoms with E-state index in [1.54, 1.807) is 27.7 Å². The lowest BCUT2D eigenvalue weighted by molar-refractivity contribution is 0.0229.